The van der Waals surface area contributed by atoms with Crippen LogP contribution in [-0.4, -0.2) is 11.0 Å². The number of thiocarbonyl (C=S) groups is 1. The van der Waals surface area contributed by atoms with Gasteiger partial charge in [-0.15, -0.1) is 0 Å². The van der Waals surface area contributed by atoms with E-state index in [-0.39, 0.29) is 16.9 Å². The summed E-state index contributed by atoms with van der Waals surface area (Å²) in [5.74, 6) is 0.0190. The summed E-state index contributed by atoms with van der Waals surface area (Å²) in [6, 6.07) is 0. The van der Waals surface area contributed by atoms with Crippen LogP contribution in [0.25, 0.3) is 0 Å². The second kappa shape index (κ2) is 7.55. The maximum atomic E-state index is 11.5. The van der Waals surface area contributed by atoms with E-state index in [2.05, 4.69) is 30.0 Å². The molecular weight excluding hydrogens is 198 g/mol. The van der Waals surface area contributed by atoms with E-state index in [0.29, 0.717) is 0 Å². The number of hydrogen-bond donors (Lipinski definition) is 3. The summed E-state index contributed by atoms with van der Waals surface area (Å²) in [4.78, 5) is 11.5. The summed E-state index contributed by atoms with van der Waals surface area (Å²) in [5.41, 5.74) is 10.1. The first kappa shape index (κ1) is 13.2. The number of carbonyl (C=O) groups excluding carboxylic acids is 1. The van der Waals surface area contributed by atoms with Crippen molar-refractivity contribution < 1.29 is 4.79 Å². The zero-order chi connectivity index (χ0) is 11.0. The van der Waals surface area contributed by atoms with Crippen LogP contribution in [0.3, 0.4) is 0 Å². The highest BCUT2D eigenvalue weighted by molar-refractivity contribution is 7.80. The lowest BCUT2D eigenvalue weighted by Crippen LogP contribution is -2.46. The minimum atomic E-state index is -0.0336. The van der Waals surface area contributed by atoms with Crippen molar-refractivity contribution in [3.63, 3.8) is 0 Å². The zero-order valence-electron chi connectivity index (χ0n) is 8.80. The van der Waals surface area contributed by atoms with Crippen molar-refractivity contribution in [1.29, 1.82) is 0 Å². The second-order valence-electron chi connectivity index (χ2n) is 3.23. The van der Waals surface area contributed by atoms with Crippen LogP contribution in [0, 0.1) is 5.92 Å². The van der Waals surface area contributed by atoms with Crippen molar-refractivity contribution in [3.05, 3.63) is 0 Å². The van der Waals surface area contributed by atoms with E-state index in [9.17, 15) is 4.79 Å². The smallest absolute Gasteiger partial charge is 0.241 e. The van der Waals surface area contributed by atoms with Gasteiger partial charge in [-0.2, -0.15) is 0 Å². The molecule has 1 atom stereocenters. The zero-order valence-corrected chi connectivity index (χ0v) is 9.62. The molecule has 0 fully saturated rings. The van der Waals surface area contributed by atoms with Gasteiger partial charge < -0.3 is 5.73 Å². The van der Waals surface area contributed by atoms with Gasteiger partial charge in [-0.05, 0) is 25.1 Å². The fraction of sp³-hybridized carbons (Fsp3) is 0.778. The Hall–Kier alpha value is -0.840. The lowest BCUT2D eigenvalue weighted by Gasteiger charge is -2.14. The van der Waals surface area contributed by atoms with Gasteiger partial charge in [0.25, 0.3) is 0 Å². The Bertz CT molecular complexity index is 196. The van der Waals surface area contributed by atoms with Crippen molar-refractivity contribution in [1.82, 2.24) is 10.9 Å². The molecule has 0 aromatic heterocycles. The van der Waals surface area contributed by atoms with Crippen LogP contribution in [0.15, 0.2) is 0 Å². The van der Waals surface area contributed by atoms with Gasteiger partial charge in [0.2, 0.25) is 5.91 Å². The molecule has 1 unspecified atom stereocenters. The van der Waals surface area contributed by atoms with Gasteiger partial charge in [0, 0.05) is 5.92 Å². The van der Waals surface area contributed by atoms with Crippen LogP contribution in [0.1, 0.15) is 39.5 Å². The summed E-state index contributed by atoms with van der Waals surface area (Å²) in [5, 5.41) is 0.0868. The first-order chi connectivity index (χ1) is 6.61. The third-order valence-corrected chi connectivity index (χ3v) is 2.18. The highest BCUT2D eigenvalue weighted by Gasteiger charge is 2.14. The molecule has 0 saturated heterocycles. The van der Waals surface area contributed by atoms with Crippen LogP contribution < -0.4 is 16.6 Å². The number of hydrogen-bond acceptors (Lipinski definition) is 2. The SMILES string of the molecule is CCCCC(CC)C(=O)NNC(N)=S. The van der Waals surface area contributed by atoms with E-state index < -0.39 is 0 Å². The van der Waals surface area contributed by atoms with Gasteiger partial charge in [0.1, 0.15) is 0 Å². The second-order valence-corrected chi connectivity index (χ2v) is 3.67. The Kier molecular flexibility index (Phi) is 7.10. The highest BCUT2D eigenvalue weighted by atomic mass is 32.1. The molecule has 5 heteroatoms. The molecule has 0 saturated carbocycles. The lowest BCUT2D eigenvalue weighted by atomic mass is 9.99. The van der Waals surface area contributed by atoms with Gasteiger partial charge in [-0.25, -0.2) is 0 Å². The lowest BCUT2D eigenvalue weighted by molar-refractivity contribution is -0.125. The molecule has 14 heavy (non-hydrogen) atoms. The van der Waals surface area contributed by atoms with E-state index in [0.717, 1.165) is 25.7 Å². The van der Waals surface area contributed by atoms with Gasteiger partial charge in [0.15, 0.2) is 5.11 Å². The third-order valence-electron chi connectivity index (χ3n) is 2.08. The standard InChI is InChI=1S/C9H19N3OS/c1-3-5-6-7(4-2)8(13)11-12-9(10)14/h7H,3-6H2,1-2H3,(H,11,13)(H3,10,12,14). The highest BCUT2D eigenvalue weighted by Crippen LogP contribution is 2.11. The molecule has 0 rings (SSSR count). The molecule has 4 nitrogen and oxygen atoms in total. The van der Waals surface area contributed by atoms with Crippen molar-refractivity contribution in [2.24, 2.45) is 11.7 Å². The normalized spacial score (nSPS) is 11.9. The molecule has 1 amide bonds. The molecule has 0 aliphatic heterocycles. The van der Waals surface area contributed by atoms with Gasteiger partial charge in [-0.3, -0.25) is 15.6 Å². The van der Waals surface area contributed by atoms with Gasteiger partial charge in [0.05, 0.1) is 0 Å². The van der Waals surface area contributed by atoms with E-state index >= 15 is 0 Å². The average molecular weight is 217 g/mol. The predicted octanol–water partition coefficient (Wildman–Crippen LogP) is 1.07. The average Bonchev–Trinajstić information content (AvgIpc) is 2.16. The molecule has 0 heterocycles. The number of carbonyl (C=O) groups is 1. The summed E-state index contributed by atoms with van der Waals surface area (Å²) < 4.78 is 0. The maximum absolute atomic E-state index is 11.5. The van der Waals surface area contributed by atoms with Crippen LogP contribution in [0.4, 0.5) is 0 Å². The van der Waals surface area contributed by atoms with Crippen LogP contribution >= 0.6 is 12.2 Å². The first-order valence-electron chi connectivity index (χ1n) is 4.97. The van der Waals surface area contributed by atoms with Crippen LogP contribution in [0.2, 0.25) is 0 Å². The molecule has 0 aromatic carbocycles. The third kappa shape index (κ3) is 5.75. The predicted molar refractivity (Wildman–Crippen MR) is 61.4 cm³/mol. The fourth-order valence-corrected chi connectivity index (χ4v) is 1.25. The quantitative estimate of drug-likeness (QED) is 0.476. The molecule has 82 valence electrons. The summed E-state index contributed by atoms with van der Waals surface area (Å²) in [6.45, 7) is 4.11. The fourth-order valence-electron chi connectivity index (χ4n) is 1.20. The Morgan fingerprint density at radius 3 is 2.50 bits per heavy atom. The summed E-state index contributed by atoms with van der Waals surface area (Å²) in [7, 11) is 0. The van der Waals surface area contributed by atoms with Crippen molar-refractivity contribution in [2.75, 3.05) is 0 Å². The van der Waals surface area contributed by atoms with Crippen LogP contribution in [-0.2, 0) is 4.79 Å². The molecule has 0 aromatic rings. The van der Waals surface area contributed by atoms with Crippen molar-refractivity contribution in [3.8, 4) is 0 Å². The molecule has 0 bridgehead atoms. The van der Waals surface area contributed by atoms with Crippen molar-refractivity contribution >= 4 is 23.2 Å². The summed E-state index contributed by atoms with van der Waals surface area (Å²) >= 11 is 4.58. The van der Waals surface area contributed by atoms with E-state index in [4.69, 9.17) is 5.73 Å². The first-order valence-corrected chi connectivity index (χ1v) is 5.37. The Morgan fingerprint density at radius 2 is 2.07 bits per heavy atom. The topological polar surface area (TPSA) is 67.2 Å². The van der Waals surface area contributed by atoms with Gasteiger partial charge >= 0.3 is 0 Å². The molecule has 4 N–H and O–H groups in total. The van der Waals surface area contributed by atoms with E-state index in [1.807, 2.05) is 6.92 Å². The van der Waals surface area contributed by atoms with E-state index in [1.54, 1.807) is 0 Å². The number of nitrogens with one attached hydrogen (secondary N) is 2. The summed E-state index contributed by atoms with van der Waals surface area (Å²) in [6.07, 6.45) is 3.92. The number of amides is 1. The minimum Gasteiger partial charge on any atom is -0.375 e. The monoisotopic (exact) mass is 217 g/mol. The maximum Gasteiger partial charge on any atom is 0.241 e. The minimum absolute atomic E-state index is 0.0336. The van der Waals surface area contributed by atoms with Crippen LogP contribution in [0.5, 0.6) is 0 Å². The van der Waals surface area contributed by atoms with E-state index in [1.165, 1.54) is 0 Å². The molecule has 0 radical (unpaired) electrons. The molecule has 0 aliphatic carbocycles. The number of nitrogens with two attached hydrogens (primary N) is 1. The molecule has 0 spiro atoms. The Balaban J connectivity index is 3.85. The number of rotatable bonds is 5. The Labute approximate surface area is 90.6 Å². The molecule has 0 aliphatic rings. The van der Waals surface area contributed by atoms with Gasteiger partial charge in [-0.1, -0.05) is 26.7 Å². The van der Waals surface area contributed by atoms with Crippen molar-refractivity contribution in [2.45, 2.75) is 39.5 Å². The number of unbranched alkanes of at least 4 members (excludes halogenated alkanes) is 1. The molecular formula is C9H19N3OS. The largest absolute Gasteiger partial charge is 0.375 e. The Morgan fingerprint density at radius 1 is 1.43 bits per heavy atom. The number of hydrazine groups is 1.